The van der Waals surface area contributed by atoms with Gasteiger partial charge < -0.3 is 9.84 Å². The molecule has 0 amide bonds. The SMILES string of the molecule is Cc1cc(CNc2cnc3ccccc3n2)on1. The predicted octanol–water partition coefficient (Wildman–Crippen LogP) is 2.54. The second-order valence-corrected chi connectivity index (χ2v) is 4.03. The number of benzene rings is 1. The summed E-state index contributed by atoms with van der Waals surface area (Å²) in [5.41, 5.74) is 2.63. The van der Waals surface area contributed by atoms with Crippen LogP contribution in [0.3, 0.4) is 0 Å². The minimum Gasteiger partial charge on any atom is -0.361 e. The highest BCUT2D eigenvalue weighted by atomic mass is 16.5. The van der Waals surface area contributed by atoms with E-state index in [1.165, 1.54) is 0 Å². The molecule has 0 unspecified atom stereocenters. The fraction of sp³-hybridized carbons (Fsp3) is 0.154. The largest absolute Gasteiger partial charge is 0.361 e. The summed E-state index contributed by atoms with van der Waals surface area (Å²) >= 11 is 0. The summed E-state index contributed by atoms with van der Waals surface area (Å²) in [5.74, 6) is 1.50. The summed E-state index contributed by atoms with van der Waals surface area (Å²) in [7, 11) is 0. The van der Waals surface area contributed by atoms with Gasteiger partial charge in [-0.05, 0) is 19.1 Å². The highest BCUT2D eigenvalue weighted by Crippen LogP contribution is 2.12. The molecule has 1 aromatic carbocycles. The van der Waals surface area contributed by atoms with Gasteiger partial charge in [-0.15, -0.1) is 0 Å². The first-order chi connectivity index (χ1) is 8.81. The van der Waals surface area contributed by atoms with E-state index in [0.717, 1.165) is 28.3 Å². The Kier molecular flexibility index (Phi) is 2.64. The Morgan fingerprint density at radius 1 is 1.22 bits per heavy atom. The van der Waals surface area contributed by atoms with Crippen molar-refractivity contribution in [2.24, 2.45) is 0 Å². The van der Waals surface area contributed by atoms with E-state index in [1.54, 1.807) is 6.20 Å². The van der Waals surface area contributed by atoms with Gasteiger partial charge in [-0.25, -0.2) is 4.98 Å². The molecule has 0 saturated heterocycles. The Morgan fingerprint density at radius 3 is 2.83 bits per heavy atom. The number of hydrogen-bond acceptors (Lipinski definition) is 5. The van der Waals surface area contributed by atoms with Gasteiger partial charge in [0.25, 0.3) is 0 Å². The maximum absolute atomic E-state index is 5.11. The van der Waals surface area contributed by atoms with Crippen LogP contribution in [0, 0.1) is 6.92 Å². The normalized spacial score (nSPS) is 10.7. The first kappa shape index (κ1) is 10.7. The van der Waals surface area contributed by atoms with Gasteiger partial charge in [0.2, 0.25) is 0 Å². The molecule has 0 aliphatic carbocycles. The third-order valence-electron chi connectivity index (χ3n) is 2.57. The Morgan fingerprint density at radius 2 is 2.06 bits per heavy atom. The van der Waals surface area contributed by atoms with Crippen molar-refractivity contribution in [1.29, 1.82) is 0 Å². The molecule has 18 heavy (non-hydrogen) atoms. The molecule has 0 atom stereocenters. The van der Waals surface area contributed by atoms with Gasteiger partial charge in [0, 0.05) is 6.07 Å². The number of aromatic nitrogens is 3. The number of nitrogens with zero attached hydrogens (tertiary/aromatic N) is 3. The summed E-state index contributed by atoms with van der Waals surface area (Å²) in [6, 6.07) is 9.65. The second kappa shape index (κ2) is 4.44. The molecule has 2 aromatic heterocycles. The highest BCUT2D eigenvalue weighted by molar-refractivity contribution is 5.75. The third kappa shape index (κ3) is 2.15. The molecule has 5 heteroatoms. The molecular formula is C13H12N4O. The van der Waals surface area contributed by atoms with Crippen LogP contribution in [0.1, 0.15) is 11.5 Å². The fourth-order valence-corrected chi connectivity index (χ4v) is 1.72. The molecule has 5 nitrogen and oxygen atoms in total. The van der Waals surface area contributed by atoms with Crippen molar-refractivity contribution < 1.29 is 4.52 Å². The number of para-hydroxylation sites is 2. The van der Waals surface area contributed by atoms with E-state index < -0.39 is 0 Å². The molecule has 0 aliphatic rings. The maximum atomic E-state index is 5.11. The van der Waals surface area contributed by atoms with Crippen molar-refractivity contribution in [3.63, 3.8) is 0 Å². The van der Waals surface area contributed by atoms with Gasteiger partial charge in [-0.3, -0.25) is 4.98 Å². The average Bonchev–Trinajstić information content (AvgIpc) is 2.82. The van der Waals surface area contributed by atoms with Gasteiger partial charge >= 0.3 is 0 Å². The van der Waals surface area contributed by atoms with Crippen LogP contribution in [0.5, 0.6) is 0 Å². The van der Waals surface area contributed by atoms with Gasteiger partial charge in [0.05, 0.1) is 29.5 Å². The van der Waals surface area contributed by atoms with E-state index in [9.17, 15) is 0 Å². The van der Waals surface area contributed by atoms with Crippen LogP contribution in [0.15, 0.2) is 41.1 Å². The zero-order valence-corrected chi connectivity index (χ0v) is 9.92. The lowest BCUT2D eigenvalue weighted by molar-refractivity contribution is 0.384. The van der Waals surface area contributed by atoms with Gasteiger partial charge in [-0.2, -0.15) is 0 Å². The van der Waals surface area contributed by atoms with Crippen LogP contribution >= 0.6 is 0 Å². The Hall–Kier alpha value is -2.43. The summed E-state index contributed by atoms with van der Waals surface area (Å²) < 4.78 is 5.11. The van der Waals surface area contributed by atoms with Crippen LogP contribution in [-0.4, -0.2) is 15.1 Å². The van der Waals surface area contributed by atoms with Crippen molar-refractivity contribution >= 4 is 16.9 Å². The third-order valence-corrected chi connectivity index (χ3v) is 2.57. The van der Waals surface area contributed by atoms with Crippen LogP contribution in [0.25, 0.3) is 11.0 Å². The zero-order valence-electron chi connectivity index (χ0n) is 9.92. The topological polar surface area (TPSA) is 63.8 Å². The van der Waals surface area contributed by atoms with Gasteiger partial charge in [-0.1, -0.05) is 17.3 Å². The van der Waals surface area contributed by atoms with Gasteiger partial charge in [0.15, 0.2) is 5.76 Å². The molecule has 90 valence electrons. The average molecular weight is 240 g/mol. The first-order valence-corrected chi connectivity index (χ1v) is 5.69. The standard InChI is InChI=1S/C13H12N4O/c1-9-6-10(18-17-9)7-15-13-8-14-11-4-2-3-5-12(11)16-13/h2-6,8H,7H2,1H3,(H,15,16). The number of aryl methyl sites for hydroxylation is 1. The Labute approximate surface area is 104 Å². The lowest BCUT2D eigenvalue weighted by Gasteiger charge is -2.03. The lowest BCUT2D eigenvalue weighted by atomic mass is 10.3. The monoisotopic (exact) mass is 240 g/mol. The number of anilines is 1. The minimum absolute atomic E-state index is 0.549. The second-order valence-electron chi connectivity index (χ2n) is 4.03. The van der Waals surface area contributed by atoms with E-state index in [0.29, 0.717) is 6.54 Å². The summed E-state index contributed by atoms with van der Waals surface area (Å²) in [6.07, 6.45) is 1.71. The number of hydrogen-bond donors (Lipinski definition) is 1. The van der Waals surface area contributed by atoms with E-state index >= 15 is 0 Å². The van der Waals surface area contributed by atoms with E-state index in [-0.39, 0.29) is 0 Å². The molecule has 0 aliphatic heterocycles. The molecular weight excluding hydrogens is 228 g/mol. The number of nitrogens with one attached hydrogen (secondary N) is 1. The fourth-order valence-electron chi connectivity index (χ4n) is 1.72. The van der Waals surface area contributed by atoms with Crippen molar-refractivity contribution in [2.75, 3.05) is 5.32 Å². The smallest absolute Gasteiger partial charge is 0.156 e. The van der Waals surface area contributed by atoms with Crippen LogP contribution in [0.2, 0.25) is 0 Å². The molecule has 0 bridgehead atoms. The van der Waals surface area contributed by atoms with Crippen molar-refractivity contribution in [1.82, 2.24) is 15.1 Å². The zero-order chi connectivity index (χ0) is 12.4. The van der Waals surface area contributed by atoms with Crippen LogP contribution in [0.4, 0.5) is 5.82 Å². The quantitative estimate of drug-likeness (QED) is 0.762. The molecule has 3 aromatic rings. The molecule has 1 N–H and O–H groups in total. The van der Waals surface area contributed by atoms with E-state index in [2.05, 4.69) is 20.4 Å². The molecule has 0 fully saturated rings. The molecule has 0 radical (unpaired) electrons. The van der Waals surface area contributed by atoms with E-state index in [1.807, 2.05) is 37.3 Å². The van der Waals surface area contributed by atoms with E-state index in [4.69, 9.17) is 4.52 Å². The summed E-state index contributed by atoms with van der Waals surface area (Å²) in [6.45, 7) is 2.44. The summed E-state index contributed by atoms with van der Waals surface area (Å²) in [5, 5.41) is 6.99. The molecule has 0 saturated carbocycles. The number of rotatable bonds is 3. The minimum atomic E-state index is 0.549. The van der Waals surface area contributed by atoms with Crippen LogP contribution < -0.4 is 5.32 Å². The molecule has 3 rings (SSSR count). The van der Waals surface area contributed by atoms with Crippen molar-refractivity contribution in [3.05, 3.63) is 48.0 Å². The number of fused-ring (bicyclic) bond motifs is 1. The van der Waals surface area contributed by atoms with Crippen LogP contribution in [-0.2, 0) is 6.54 Å². The predicted molar refractivity (Wildman–Crippen MR) is 68.1 cm³/mol. The Balaban J connectivity index is 1.78. The molecule has 0 spiro atoms. The lowest BCUT2D eigenvalue weighted by Crippen LogP contribution is -2.01. The van der Waals surface area contributed by atoms with Gasteiger partial charge in [0.1, 0.15) is 5.82 Å². The Bertz CT molecular complexity index is 677. The summed E-state index contributed by atoms with van der Waals surface area (Å²) in [4.78, 5) is 8.79. The highest BCUT2D eigenvalue weighted by Gasteiger charge is 2.02. The maximum Gasteiger partial charge on any atom is 0.156 e. The first-order valence-electron chi connectivity index (χ1n) is 5.69. The van der Waals surface area contributed by atoms with Crippen molar-refractivity contribution in [2.45, 2.75) is 13.5 Å². The van der Waals surface area contributed by atoms with Crippen molar-refractivity contribution in [3.8, 4) is 0 Å². The molecule has 2 heterocycles.